The molecule has 164 valence electrons. The Hall–Kier alpha value is -2.31. The van der Waals surface area contributed by atoms with Crippen molar-refractivity contribution in [1.82, 2.24) is 14.4 Å². The summed E-state index contributed by atoms with van der Waals surface area (Å²) in [4.78, 5) is 28.6. The average molecular weight is 434 g/mol. The minimum Gasteiger partial charge on any atom is -0.375 e. The molecule has 0 spiro atoms. The molecule has 1 aromatic carbocycles. The van der Waals surface area contributed by atoms with Crippen molar-refractivity contribution in [2.75, 3.05) is 33.4 Å². The zero-order chi connectivity index (χ0) is 22.1. The number of hydrogen-bond acceptors (Lipinski definition) is 3. The summed E-state index contributed by atoms with van der Waals surface area (Å²) < 4.78 is 7.04. The lowest BCUT2D eigenvalue weighted by atomic mass is 10.2. The highest BCUT2D eigenvalue weighted by Gasteiger charge is 2.22. The number of halogens is 1. The molecule has 0 aliphatic heterocycles. The van der Waals surface area contributed by atoms with Crippen LogP contribution in [0, 0.1) is 5.92 Å². The standard InChI is InChI=1S/C23H32ClN3O3/c1-5-25(23(29)17-30-4)16-22(28)27(13-18(2)3)15-20-10-8-12-26(20)14-19-9-6-7-11-21(19)24/h6-12,18H,5,13-17H2,1-4H3. The number of methoxy groups -OCH3 is 1. The highest BCUT2D eigenvalue weighted by molar-refractivity contribution is 6.31. The second-order valence-electron chi connectivity index (χ2n) is 7.73. The molecule has 1 heterocycles. The van der Waals surface area contributed by atoms with Gasteiger partial charge in [0.1, 0.15) is 6.61 Å². The fourth-order valence-corrected chi connectivity index (χ4v) is 3.50. The van der Waals surface area contributed by atoms with Crippen LogP contribution in [0.3, 0.4) is 0 Å². The average Bonchev–Trinajstić information content (AvgIpc) is 3.13. The van der Waals surface area contributed by atoms with E-state index >= 15 is 0 Å². The molecule has 2 rings (SSSR count). The summed E-state index contributed by atoms with van der Waals surface area (Å²) in [7, 11) is 1.48. The summed E-state index contributed by atoms with van der Waals surface area (Å²) >= 11 is 6.32. The molecule has 0 saturated carbocycles. The Kier molecular flexibility index (Phi) is 9.40. The maximum atomic E-state index is 13.1. The maximum absolute atomic E-state index is 13.1. The lowest BCUT2D eigenvalue weighted by Crippen LogP contribution is -2.44. The third kappa shape index (κ3) is 6.89. The molecule has 0 N–H and O–H groups in total. The zero-order valence-corrected chi connectivity index (χ0v) is 19.1. The van der Waals surface area contributed by atoms with E-state index < -0.39 is 0 Å². The molecule has 1 aromatic heterocycles. The second kappa shape index (κ2) is 11.8. The van der Waals surface area contributed by atoms with Gasteiger partial charge in [0.15, 0.2) is 0 Å². The summed E-state index contributed by atoms with van der Waals surface area (Å²) in [5, 5.41) is 0.725. The van der Waals surface area contributed by atoms with Crippen molar-refractivity contribution in [3.63, 3.8) is 0 Å². The molecule has 0 aliphatic carbocycles. The van der Waals surface area contributed by atoms with E-state index in [9.17, 15) is 9.59 Å². The topological polar surface area (TPSA) is 54.8 Å². The van der Waals surface area contributed by atoms with Gasteiger partial charge in [-0.2, -0.15) is 0 Å². The van der Waals surface area contributed by atoms with Crippen LogP contribution < -0.4 is 0 Å². The fourth-order valence-electron chi connectivity index (χ4n) is 3.30. The molecular weight excluding hydrogens is 402 g/mol. The number of carbonyl (C=O) groups excluding carboxylic acids is 2. The fraction of sp³-hybridized carbons (Fsp3) is 0.478. The van der Waals surface area contributed by atoms with Gasteiger partial charge >= 0.3 is 0 Å². The monoisotopic (exact) mass is 433 g/mol. The number of ether oxygens (including phenoxy) is 1. The SMILES string of the molecule is CCN(CC(=O)N(Cc1cccn1Cc1ccccc1Cl)CC(C)C)C(=O)COC. The number of benzene rings is 1. The molecular formula is C23H32ClN3O3. The number of aromatic nitrogens is 1. The molecule has 0 aliphatic rings. The van der Waals surface area contributed by atoms with Gasteiger partial charge in [0, 0.05) is 43.7 Å². The van der Waals surface area contributed by atoms with Crippen molar-refractivity contribution >= 4 is 23.4 Å². The van der Waals surface area contributed by atoms with Gasteiger partial charge in [0.2, 0.25) is 11.8 Å². The Morgan fingerprint density at radius 2 is 1.83 bits per heavy atom. The van der Waals surface area contributed by atoms with Crippen molar-refractivity contribution in [2.24, 2.45) is 5.92 Å². The number of nitrogens with zero attached hydrogens (tertiary/aromatic N) is 3. The predicted molar refractivity (Wildman–Crippen MR) is 119 cm³/mol. The van der Waals surface area contributed by atoms with Crippen molar-refractivity contribution < 1.29 is 14.3 Å². The van der Waals surface area contributed by atoms with E-state index in [0.29, 0.717) is 32.1 Å². The Morgan fingerprint density at radius 3 is 2.47 bits per heavy atom. The van der Waals surface area contributed by atoms with Gasteiger partial charge < -0.3 is 19.1 Å². The first-order valence-electron chi connectivity index (χ1n) is 10.3. The summed E-state index contributed by atoms with van der Waals surface area (Å²) in [5.74, 6) is 0.0612. The van der Waals surface area contributed by atoms with Gasteiger partial charge in [0.25, 0.3) is 0 Å². The van der Waals surface area contributed by atoms with E-state index in [4.69, 9.17) is 16.3 Å². The third-order valence-electron chi connectivity index (χ3n) is 4.84. The second-order valence-corrected chi connectivity index (χ2v) is 8.14. The van der Waals surface area contributed by atoms with Gasteiger partial charge in [-0.05, 0) is 36.6 Å². The van der Waals surface area contributed by atoms with Gasteiger partial charge in [-0.15, -0.1) is 0 Å². The number of amides is 2. The van der Waals surface area contributed by atoms with Crippen LogP contribution in [0.15, 0.2) is 42.6 Å². The normalized spacial score (nSPS) is 11.0. The maximum Gasteiger partial charge on any atom is 0.249 e. The van der Waals surface area contributed by atoms with Crippen LogP contribution in [0.5, 0.6) is 0 Å². The summed E-state index contributed by atoms with van der Waals surface area (Å²) in [5.41, 5.74) is 2.05. The van der Waals surface area contributed by atoms with Crippen molar-refractivity contribution in [3.05, 3.63) is 58.9 Å². The number of likely N-dealkylation sites (N-methyl/N-ethyl adjacent to an activating group) is 1. The lowest BCUT2D eigenvalue weighted by molar-refractivity contribution is -0.143. The van der Waals surface area contributed by atoms with E-state index in [1.165, 1.54) is 12.0 Å². The van der Waals surface area contributed by atoms with Crippen LogP contribution in [0.1, 0.15) is 32.0 Å². The highest BCUT2D eigenvalue weighted by atomic mass is 35.5. The molecule has 6 nitrogen and oxygen atoms in total. The Bertz CT molecular complexity index is 835. The molecule has 0 radical (unpaired) electrons. The van der Waals surface area contributed by atoms with Crippen molar-refractivity contribution in [1.29, 1.82) is 0 Å². The van der Waals surface area contributed by atoms with Gasteiger partial charge in [-0.3, -0.25) is 9.59 Å². The van der Waals surface area contributed by atoms with Crippen molar-refractivity contribution in [2.45, 2.75) is 33.9 Å². The molecule has 0 fully saturated rings. The minimum atomic E-state index is -0.181. The molecule has 2 amide bonds. The Morgan fingerprint density at radius 1 is 1.10 bits per heavy atom. The molecule has 7 heteroatoms. The van der Waals surface area contributed by atoms with Gasteiger partial charge in [-0.1, -0.05) is 43.6 Å². The lowest BCUT2D eigenvalue weighted by Gasteiger charge is -2.28. The van der Waals surface area contributed by atoms with Crippen LogP contribution in [0.2, 0.25) is 5.02 Å². The number of hydrogen-bond donors (Lipinski definition) is 0. The molecule has 0 unspecified atom stereocenters. The molecule has 0 atom stereocenters. The van der Waals surface area contributed by atoms with E-state index in [1.807, 2.05) is 54.4 Å². The van der Waals surface area contributed by atoms with Crippen LogP contribution in [-0.2, 0) is 27.4 Å². The van der Waals surface area contributed by atoms with Gasteiger partial charge in [0.05, 0.1) is 13.1 Å². The van der Waals surface area contributed by atoms with Crippen LogP contribution in [0.4, 0.5) is 0 Å². The highest BCUT2D eigenvalue weighted by Crippen LogP contribution is 2.18. The van der Waals surface area contributed by atoms with Gasteiger partial charge in [-0.25, -0.2) is 0 Å². The zero-order valence-electron chi connectivity index (χ0n) is 18.3. The smallest absolute Gasteiger partial charge is 0.249 e. The predicted octanol–water partition coefficient (Wildman–Crippen LogP) is 3.67. The van der Waals surface area contributed by atoms with Crippen LogP contribution >= 0.6 is 11.6 Å². The largest absolute Gasteiger partial charge is 0.375 e. The Labute approximate surface area is 184 Å². The first kappa shape index (κ1) is 24.0. The quantitative estimate of drug-likeness (QED) is 0.543. The van der Waals surface area contributed by atoms with Crippen LogP contribution in [0.25, 0.3) is 0 Å². The summed E-state index contributed by atoms with van der Waals surface area (Å²) in [6.45, 7) is 8.25. The molecule has 2 aromatic rings. The van der Waals surface area contributed by atoms with E-state index in [0.717, 1.165) is 16.3 Å². The van der Waals surface area contributed by atoms with E-state index in [2.05, 4.69) is 18.4 Å². The van der Waals surface area contributed by atoms with E-state index in [-0.39, 0.29) is 25.0 Å². The molecule has 0 saturated heterocycles. The van der Waals surface area contributed by atoms with Crippen LogP contribution in [-0.4, -0.2) is 59.5 Å². The number of rotatable bonds is 11. The first-order valence-corrected chi connectivity index (χ1v) is 10.6. The third-order valence-corrected chi connectivity index (χ3v) is 5.21. The molecule has 0 bridgehead atoms. The van der Waals surface area contributed by atoms with Crippen molar-refractivity contribution in [3.8, 4) is 0 Å². The number of carbonyl (C=O) groups is 2. The molecule has 30 heavy (non-hydrogen) atoms. The van der Waals surface area contributed by atoms with E-state index in [1.54, 1.807) is 0 Å². The summed E-state index contributed by atoms with van der Waals surface area (Å²) in [6, 6.07) is 11.8. The first-order chi connectivity index (χ1) is 14.3. The minimum absolute atomic E-state index is 0.0218. The summed E-state index contributed by atoms with van der Waals surface area (Å²) in [6.07, 6.45) is 2.00. The Balaban J connectivity index is 2.15.